The van der Waals surface area contributed by atoms with E-state index in [1.54, 1.807) is 5.38 Å². The Bertz CT molecular complexity index is 778. The molecule has 1 aromatic carbocycles. The Morgan fingerprint density at radius 2 is 2.24 bits per heavy atom. The summed E-state index contributed by atoms with van der Waals surface area (Å²) in [5.41, 5.74) is 0.0990. The highest BCUT2D eigenvalue weighted by Gasteiger charge is 2.20. The number of thiazole rings is 1. The fourth-order valence-electron chi connectivity index (χ4n) is 2.59. The van der Waals surface area contributed by atoms with Gasteiger partial charge in [-0.05, 0) is 25.5 Å². The number of hydrogen-bond donors (Lipinski definition) is 3. The molecule has 1 aromatic heterocycles. The van der Waals surface area contributed by atoms with Crippen LogP contribution in [0.4, 0.5) is 10.1 Å². The third kappa shape index (κ3) is 4.33. The first-order chi connectivity index (χ1) is 11.6. The number of hydrogen-bond acceptors (Lipinski definition) is 6. The number of piperidine rings is 1. The fraction of sp³-hybridized carbons (Fsp3) is 0.312. The van der Waals surface area contributed by atoms with Crippen molar-refractivity contribution in [1.29, 1.82) is 0 Å². The smallest absolute Gasteiger partial charge is 0.275 e. The summed E-state index contributed by atoms with van der Waals surface area (Å²) < 4.78 is 13.5. The lowest BCUT2D eigenvalue weighted by Gasteiger charge is -2.21. The fourth-order valence-corrected chi connectivity index (χ4v) is 3.50. The summed E-state index contributed by atoms with van der Waals surface area (Å²) >= 11 is 1.40. The predicted molar refractivity (Wildman–Crippen MR) is 95.4 cm³/mol. The summed E-state index contributed by atoms with van der Waals surface area (Å²) in [6, 6.07) is 2.33. The molecular weight excluding hydrogens is 369 g/mol. The van der Waals surface area contributed by atoms with Crippen LogP contribution >= 0.6 is 23.7 Å². The Kier molecular flexibility index (Phi) is 6.46. The standard InChI is InChI=1S/C16H16FN3O3S.ClH/c17-11-6-10(5-9(7-21)14(11)22)19-15(23)13-8-24-16(20-13)12-3-1-2-4-18-12;/h5-8,12,18,22H,1-4H2,(H,19,23);1H. The number of carbonyl (C=O) groups excluding carboxylic acids is 2. The lowest BCUT2D eigenvalue weighted by Crippen LogP contribution is -2.26. The van der Waals surface area contributed by atoms with Gasteiger partial charge in [-0.2, -0.15) is 0 Å². The van der Waals surface area contributed by atoms with Gasteiger partial charge >= 0.3 is 0 Å². The van der Waals surface area contributed by atoms with E-state index in [0.717, 1.165) is 36.9 Å². The van der Waals surface area contributed by atoms with Crippen LogP contribution in [0.15, 0.2) is 17.5 Å². The zero-order valence-corrected chi connectivity index (χ0v) is 14.8. The Morgan fingerprint density at radius 1 is 1.44 bits per heavy atom. The molecule has 0 bridgehead atoms. The van der Waals surface area contributed by atoms with Crippen LogP contribution in [-0.2, 0) is 0 Å². The molecule has 2 aromatic rings. The van der Waals surface area contributed by atoms with Gasteiger partial charge < -0.3 is 15.7 Å². The molecule has 2 heterocycles. The van der Waals surface area contributed by atoms with Crippen LogP contribution in [0.1, 0.15) is 51.2 Å². The number of anilines is 1. The third-order valence-electron chi connectivity index (χ3n) is 3.84. The van der Waals surface area contributed by atoms with Gasteiger partial charge in [0.2, 0.25) is 0 Å². The lowest BCUT2D eigenvalue weighted by atomic mass is 10.1. The van der Waals surface area contributed by atoms with Gasteiger partial charge in [-0.1, -0.05) is 6.42 Å². The Morgan fingerprint density at radius 3 is 2.92 bits per heavy atom. The van der Waals surface area contributed by atoms with Crippen LogP contribution in [0.5, 0.6) is 5.75 Å². The van der Waals surface area contributed by atoms with Crippen molar-refractivity contribution in [3.8, 4) is 5.75 Å². The number of nitrogens with zero attached hydrogens (tertiary/aromatic N) is 1. The molecule has 1 aliphatic rings. The van der Waals surface area contributed by atoms with Gasteiger partial charge in [0.25, 0.3) is 5.91 Å². The molecule has 1 aliphatic heterocycles. The SMILES string of the molecule is Cl.O=Cc1cc(NC(=O)c2csc(C3CCCCN3)n2)cc(F)c1O. The molecule has 1 amide bonds. The molecule has 9 heteroatoms. The maximum atomic E-state index is 13.5. The average molecular weight is 386 g/mol. The molecular formula is C16H17ClFN3O3S. The minimum Gasteiger partial charge on any atom is -0.504 e. The van der Waals surface area contributed by atoms with E-state index in [1.165, 1.54) is 17.4 Å². The van der Waals surface area contributed by atoms with Crippen LogP contribution in [0.3, 0.4) is 0 Å². The van der Waals surface area contributed by atoms with Gasteiger partial charge in [0.15, 0.2) is 17.9 Å². The lowest BCUT2D eigenvalue weighted by molar-refractivity contribution is 0.102. The number of aromatic hydroxyl groups is 1. The average Bonchev–Trinajstić information content (AvgIpc) is 3.09. The maximum absolute atomic E-state index is 13.5. The maximum Gasteiger partial charge on any atom is 0.275 e. The van der Waals surface area contributed by atoms with Crippen LogP contribution < -0.4 is 10.6 Å². The van der Waals surface area contributed by atoms with Crippen LogP contribution in [0, 0.1) is 5.82 Å². The number of benzene rings is 1. The van der Waals surface area contributed by atoms with Crippen molar-refractivity contribution in [3.63, 3.8) is 0 Å². The summed E-state index contributed by atoms with van der Waals surface area (Å²) in [5, 5.41) is 17.7. The molecule has 1 atom stereocenters. The Balaban J connectivity index is 0.00000225. The molecule has 0 spiro atoms. The highest BCUT2D eigenvalue weighted by Crippen LogP contribution is 2.27. The zero-order valence-electron chi connectivity index (χ0n) is 13.1. The van der Waals surface area contributed by atoms with Crippen molar-refractivity contribution in [2.24, 2.45) is 0 Å². The third-order valence-corrected chi connectivity index (χ3v) is 4.80. The van der Waals surface area contributed by atoms with E-state index in [9.17, 15) is 19.1 Å². The molecule has 25 heavy (non-hydrogen) atoms. The number of halogens is 2. The number of phenols is 1. The summed E-state index contributed by atoms with van der Waals surface area (Å²) in [5.74, 6) is -2.20. The van der Waals surface area contributed by atoms with Crippen molar-refractivity contribution >= 4 is 41.6 Å². The van der Waals surface area contributed by atoms with Gasteiger partial charge in [0, 0.05) is 17.1 Å². The second kappa shape index (κ2) is 8.37. The van der Waals surface area contributed by atoms with E-state index in [0.29, 0.717) is 6.29 Å². The van der Waals surface area contributed by atoms with E-state index in [1.807, 2.05) is 0 Å². The molecule has 0 saturated carbocycles. The number of amides is 1. The molecule has 6 nitrogen and oxygen atoms in total. The molecule has 134 valence electrons. The normalized spacial score (nSPS) is 16.8. The molecule has 3 rings (SSSR count). The van der Waals surface area contributed by atoms with Crippen molar-refractivity contribution in [1.82, 2.24) is 10.3 Å². The van der Waals surface area contributed by atoms with Gasteiger partial charge in [0.05, 0.1) is 11.6 Å². The first-order valence-electron chi connectivity index (χ1n) is 7.56. The number of aldehydes is 1. The minimum absolute atomic E-state index is 0. The number of carbonyl (C=O) groups is 2. The predicted octanol–water partition coefficient (Wildman–Crippen LogP) is 3.29. The van der Waals surface area contributed by atoms with Gasteiger partial charge in [-0.25, -0.2) is 9.37 Å². The molecule has 1 saturated heterocycles. The van der Waals surface area contributed by atoms with Gasteiger partial charge in [-0.3, -0.25) is 9.59 Å². The molecule has 0 aliphatic carbocycles. The van der Waals surface area contributed by atoms with E-state index in [4.69, 9.17) is 0 Å². The second-order valence-electron chi connectivity index (χ2n) is 5.54. The monoisotopic (exact) mass is 385 g/mol. The van der Waals surface area contributed by atoms with Gasteiger partial charge in [0.1, 0.15) is 10.7 Å². The number of rotatable bonds is 4. The van der Waals surface area contributed by atoms with E-state index >= 15 is 0 Å². The van der Waals surface area contributed by atoms with Gasteiger partial charge in [-0.15, -0.1) is 23.7 Å². The summed E-state index contributed by atoms with van der Waals surface area (Å²) in [4.78, 5) is 27.4. The van der Waals surface area contributed by atoms with E-state index < -0.39 is 17.5 Å². The molecule has 0 radical (unpaired) electrons. The van der Waals surface area contributed by atoms with Crippen LogP contribution in [-0.4, -0.2) is 28.8 Å². The largest absolute Gasteiger partial charge is 0.504 e. The summed E-state index contributed by atoms with van der Waals surface area (Å²) in [6.07, 6.45) is 3.57. The quantitative estimate of drug-likeness (QED) is 0.555. The van der Waals surface area contributed by atoms with Crippen molar-refractivity contribution < 1.29 is 19.1 Å². The first kappa shape index (κ1) is 19.3. The number of phenolic OH excluding ortho intramolecular Hbond substituents is 1. The van der Waals surface area contributed by atoms with E-state index in [-0.39, 0.29) is 35.4 Å². The zero-order chi connectivity index (χ0) is 17.1. The highest BCUT2D eigenvalue weighted by atomic mass is 35.5. The minimum atomic E-state index is -0.972. The van der Waals surface area contributed by atoms with Crippen molar-refractivity contribution in [3.05, 3.63) is 39.6 Å². The number of nitrogens with one attached hydrogen (secondary N) is 2. The topological polar surface area (TPSA) is 91.3 Å². The molecule has 1 fully saturated rings. The van der Waals surface area contributed by atoms with Crippen LogP contribution in [0.2, 0.25) is 0 Å². The first-order valence-corrected chi connectivity index (χ1v) is 8.44. The summed E-state index contributed by atoms with van der Waals surface area (Å²) in [6.45, 7) is 0.938. The van der Waals surface area contributed by atoms with E-state index in [2.05, 4.69) is 15.6 Å². The Hall–Kier alpha value is -2.03. The summed E-state index contributed by atoms with van der Waals surface area (Å²) in [7, 11) is 0. The van der Waals surface area contributed by atoms with Crippen molar-refractivity contribution in [2.45, 2.75) is 25.3 Å². The van der Waals surface area contributed by atoms with Crippen molar-refractivity contribution in [2.75, 3.05) is 11.9 Å². The highest BCUT2D eigenvalue weighted by molar-refractivity contribution is 7.09. The number of aromatic nitrogens is 1. The van der Waals surface area contributed by atoms with Crippen LogP contribution in [0.25, 0.3) is 0 Å². The molecule has 3 N–H and O–H groups in total. The Labute approximate surface area is 153 Å². The second-order valence-corrected chi connectivity index (χ2v) is 6.43. The molecule has 1 unspecified atom stereocenters.